The molecule has 2 saturated heterocycles. The predicted molar refractivity (Wildman–Crippen MR) is 105 cm³/mol. The van der Waals surface area contributed by atoms with E-state index in [1.807, 2.05) is 10.6 Å². The van der Waals surface area contributed by atoms with Crippen LogP contribution in [0.2, 0.25) is 0 Å². The number of likely N-dealkylation sites (tertiary alicyclic amines) is 2. The van der Waals surface area contributed by atoms with Crippen LogP contribution in [-0.4, -0.2) is 63.6 Å². The van der Waals surface area contributed by atoms with Crippen LogP contribution in [0.1, 0.15) is 30.9 Å². The van der Waals surface area contributed by atoms with Gasteiger partial charge in [0.2, 0.25) is 0 Å². The number of pyridine rings is 1. The summed E-state index contributed by atoms with van der Waals surface area (Å²) in [4.78, 5) is 26.4. The first-order chi connectivity index (χ1) is 13.2. The number of aromatic nitrogens is 3. The second-order valence-electron chi connectivity index (χ2n) is 8.50. The monoisotopic (exact) mass is 365 g/mol. The fourth-order valence-corrected chi connectivity index (χ4v) is 5.30. The first-order valence-corrected chi connectivity index (χ1v) is 10.1. The number of piperidine rings is 2. The highest BCUT2D eigenvalue weighted by atomic mass is 16.1. The zero-order valence-electron chi connectivity index (χ0n) is 15.9. The molecule has 0 amide bonds. The molecule has 3 aliphatic rings. The summed E-state index contributed by atoms with van der Waals surface area (Å²) < 4.78 is 2.03. The van der Waals surface area contributed by atoms with Crippen molar-refractivity contribution < 1.29 is 0 Å². The van der Waals surface area contributed by atoms with Crippen LogP contribution >= 0.6 is 0 Å². The molecule has 6 nitrogen and oxygen atoms in total. The van der Waals surface area contributed by atoms with Crippen molar-refractivity contribution >= 4 is 0 Å². The van der Waals surface area contributed by atoms with Gasteiger partial charge in [-0.3, -0.25) is 9.69 Å². The second-order valence-corrected chi connectivity index (χ2v) is 8.50. The molecular formula is C21H27N5O. The van der Waals surface area contributed by atoms with Crippen molar-refractivity contribution in [3.8, 4) is 11.1 Å². The highest BCUT2D eigenvalue weighted by molar-refractivity contribution is 5.60. The molecule has 5 heterocycles. The van der Waals surface area contributed by atoms with Crippen LogP contribution < -0.4 is 5.56 Å². The molecule has 3 aliphatic heterocycles. The van der Waals surface area contributed by atoms with E-state index in [-0.39, 0.29) is 5.56 Å². The lowest BCUT2D eigenvalue weighted by Gasteiger charge is -2.47. The van der Waals surface area contributed by atoms with E-state index in [4.69, 9.17) is 0 Å². The van der Waals surface area contributed by atoms with Crippen molar-refractivity contribution in [3.05, 3.63) is 46.9 Å². The maximum atomic E-state index is 13.2. The molecule has 2 fully saturated rings. The molecule has 0 aromatic carbocycles. The molecule has 0 N–H and O–H groups in total. The molecule has 2 aromatic rings. The van der Waals surface area contributed by atoms with Gasteiger partial charge in [-0.05, 0) is 57.5 Å². The summed E-state index contributed by atoms with van der Waals surface area (Å²) in [7, 11) is 2.22. The van der Waals surface area contributed by atoms with E-state index in [2.05, 4.69) is 32.9 Å². The second kappa shape index (κ2) is 6.84. The molecule has 2 unspecified atom stereocenters. The Morgan fingerprint density at radius 2 is 1.81 bits per heavy atom. The summed E-state index contributed by atoms with van der Waals surface area (Å²) in [5.41, 5.74) is 2.85. The summed E-state index contributed by atoms with van der Waals surface area (Å²) >= 11 is 0. The SMILES string of the molecule is CN1CCC(N2CC3CC(C2)c2ccc(-c4cncnc4)c(=O)n2C3)CC1. The first kappa shape index (κ1) is 17.1. The zero-order chi connectivity index (χ0) is 18.4. The molecule has 5 rings (SSSR count). The lowest BCUT2D eigenvalue weighted by molar-refractivity contribution is 0.0517. The van der Waals surface area contributed by atoms with Gasteiger partial charge in [0, 0.05) is 55.2 Å². The van der Waals surface area contributed by atoms with Crippen molar-refractivity contribution in [3.63, 3.8) is 0 Å². The van der Waals surface area contributed by atoms with Gasteiger partial charge in [-0.25, -0.2) is 9.97 Å². The van der Waals surface area contributed by atoms with Gasteiger partial charge in [-0.1, -0.05) is 0 Å². The van der Waals surface area contributed by atoms with Crippen LogP contribution in [0, 0.1) is 5.92 Å². The van der Waals surface area contributed by atoms with E-state index in [9.17, 15) is 4.79 Å². The largest absolute Gasteiger partial charge is 0.311 e. The Morgan fingerprint density at radius 1 is 1.04 bits per heavy atom. The summed E-state index contributed by atoms with van der Waals surface area (Å²) in [6.07, 6.45) is 8.72. The van der Waals surface area contributed by atoms with Crippen LogP contribution in [0.25, 0.3) is 11.1 Å². The van der Waals surface area contributed by atoms with Crippen LogP contribution in [0.4, 0.5) is 0 Å². The number of nitrogens with zero attached hydrogens (tertiary/aromatic N) is 5. The van der Waals surface area contributed by atoms with Gasteiger partial charge in [-0.2, -0.15) is 0 Å². The molecular weight excluding hydrogens is 338 g/mol. The van der Waals surface area contributed by atoms with Gasteiger partial charge >= 0.3 is 0 Å². The molecule has 0 aliphatic carbocycles. The maximum Gasteiger partial charge on any atom is 0.258 e. The minimum atomic E-state index is 0.116. The van der Waals surface area contributed by atoms with Crippen LogP contribution in [0.3, 0.4) is 0 Å². The third kappa shape index (κ3) is 3.11. The van der Waals surface area contributed by atoms with E-state index < -0.39 is 0 Å². The molecule has 2 aromatic heterocycles. The first-order valence-electron chi connectivity index (χ1n) is 10.1. The van der Waals surface area contributed by atoms with Gasteiger partial charge in [0.1, 0.15) is 6.33 Å². The van der Waals surface area contributed by atoms with E-state index in [0.717, 1.165) is 25.2 Å². The Kier molecular flexibility index (Phi) is 4.32. The third-order valence-electron chi connectivity index (χ3n) is 6.71. The smallest absolute Gasteiger partial charge is 0.258 e. The van der Waals surface area contributed by atoms with Gasteiger partial charge in [0.25, 0.3) is 5.56 Å². The van der Waals surface area contributed by atoms with Crippen molar-refractivity contribution in [1.82, 2.24) is 24.3 Å². The molecule has 27 heavy (non-hydrogen) atoms. The predicted octanol–water partition coefficient (Wildman–Crippen LogP) is 1.82. The van der Waals surface area contributed by atoms with Crippen LogP contribution in [0.15, 0.2) is 35.6 Å². The molecule has 6 heteroatoms. The highest BCUT2D eigenvalue weighted by Crippen LogP contribution is 2.37. The Labute approximate surface area is 159 Å². The van der Waals surface area contributed by atoms with Gasteiger partial charge in [0.15, 0.2) is 0 Å². The van der Waals surface area contributed by atoms with Crippen LogP contribution in [-0.2, 0) is 6.54 Å². The minimum absolute atomic E-state index is 0.116. The number of rotatable bonds is 2. The Balaban J connectivity index is 1.43. The summed E-state index contributed by atoms with van der Waals surface area (Å²) in [6.45, 7) is 5.48. The van der Waals surface area contributed by atoms with Crippen molar-refractivity contribution in [1.29, 1.82) is 0 Å². The van der Waals surface area contributed by atoms with Gasteiger partial charge in [0.05, 0.1) is 5.56 Å². The van der Waals surface area contributed by atoms with Crippen LogP contribution in [0.5, 0.6) is 0 Å². The lowest BCUT2D eigenvalue weighted by Crippen LogP contribution is -2.53. The van der Waals surface area contributed by atoms with Crippen molar-refractivity contribution in [2.45, 2.75) is 37.8 Å². The fourth-order valence-electron chi connectivity index (χ4n) is 5.30. The number of hydrogen-bond donors (Lipinski definition) is 0. The summed E-state index contributed by atoms with van der Waals surface area (Å²) in [5.74, 6) is 1.06. The average molecular weight is 365 g/mol. The Morgan fingerprint density at radius 3 is 2.59 bits per heavy atom. The Bertz CT molecular complexity index is 872. The quantitative estimate of drug-likeness (QED) is 0.813. The molecule has 0 saturated carbocycles. The van der Waals surface area contributed by atoms with E-state index >= 15 is 0 Å². The molecule has 0 spiro atoms. The maximum absolute atomic E-state index is 13.2. The van der Waals surface area contributed by atoms with Gasteiger partial charge < -0.3 is 9.47 Å². The summed E-state index contributed by atoms with van der Waals surface area (Å²) in [6, 6.07) is 4.86. The van der Waals surface area contributed by atoms with Gasteiger partial charge in [-0.15, -0.1) is 0 Å². The normalized spacial score (nSPS) is 26.7. The topological polar surface area (TPSA) is 54.3 Å². The van der Waals surface area contributed by atoms with E-state index in [1.165, 1.54) is 44.4 Å². The fraction of sp³-hybridized carbons (Fsp3) is 0.571. The number of hydrogen-bond acceptors (Lipinski definition) is 5. The third-order valence-corrected chi connectivity index (χ3v) is 6.71. The zero-order valence-corrected chi connectivity index (χ0v) is 15.9. The van der Waals surface area contributed by atoms with E-state index in [1.54, 1.807) is 12.4 Å². The average Bonchev–Trinajstić information content (AvgIpc) is 2.70. The van der Waals surface area contributed by atoms with Crippen molar-refractivity contribution in [2.75, 3.05) is 33.2 Å². The lowest BCUT2D eigenvalue weighted by atomic mass is 9.81. The Hall–Kier alpha value is -2.05. The molecule has 0 radical (unpaired) electrons. The van der Waals surface area contributed by atoms with Crippen molar-refractivity contribution in [2.24, 2.45) is 5.92 Å². The standard InChI is InChI=1S/C21H27N5O/c1-24-6-4-18(5-7-24)25-11-15-8-16(13-25)20-3-2-19(21(27)26(20)12-15)17-9-22-14-23-10-17/h2-3,9-10,14-16,18H,4-8,11-13H2,1H3. The minimum Gasteiger partial charge on any atom is -0.311 e. The molecule has 2 bridgehead atoms. The molecule has 2 atom stereocenters. The molecule has 142 valence electrons. The highest BCUT2D eigenvalue weighted by Gasteiger charge is 2.37. The summed E-state index contributed by atoms with van der Waals surface area (Å²) in [5, 5.41) is 0. The van der Waals surface area contributed by atoms with E-state index in [0.29, 0.717) is 23.4 Å². The number of fused-ring (bicyclic) bond motifs is 4.